The normalized spacial score (nSPS) is 30.9. The SMILES string of the molecule is CC#C/C=C1/C=CC2(OC=CC2OC(C)=O)O1. The number of hydrogen-bond donors (Lipinski definition) is 0. The van der Waals surface area contributed by atoms with E-state index in [1.165, 1.54) is 13.2 Å². The lowest BCUT2D eigenvalue weighted by atomic mass is 10.1. The van der Waals surface area contributed by atoms with Gasteiger partial charge in [-0.25, -0.2) is 0 Å². The van der Waals surface area contributed by atoms with Gasteiger partial charge in [0.05, 0.1) is 6.26 Å². The van der Waals surface area contributed by atoms with Crippen LogP contribution in [0.2, 0.25) is 0 Å². The van der Waals surface area contributed by atoms with Crippen molar-refractivity contribution in [2.24, 2.45) is 0 Å². The standard InChI is InChI=1S/C13H12O4/c1-3-4-5-11-6-8-13(17-11)12(7-9-15-13)16-10(2)14/h5-9,12H,1-2H3/b11-5-. The van der Waals surface area contributed by atoms with Crippen LogP contribution in [0.15, 0.2) is 36.3 Å². The molecular formula is C13H12O4. The van der Waals surface area contributed by atoms with Gasteiger partial charge in [-0.3, -0.25) is 4.79 Å². The third kappa shape index (κ3) is 2.18. The van der Waals surface area contributed by atoms with Crippen LogP contribution in [0.25, 0.3) is 0 Å². The fourth-order valence-corrected chi connectivity index (χ4v) is 1.61. The zero-order chi connectivity index (χ0) is 12.3. The Balaban J connectivity index is 2.14. The van der Waals surface area contributed by atoms with E-state index in [0.29, 0.717) is 5.76 Å². The number of ether oxygens (including phenoxy) is 3. The van der Waals surface area contributed by atoms with Crippen LogP contribution in [-0.4, -0.2) is 17.9 Å². The van der Waals surface area contributed by atoms with Gasteiger partial charge in [-0.2, -0.15) is 0 Å². The highest BCUT2D eigenvalue weighted by Crippen LogP contribution is 2.36. The van der Waals surface area contributed by atoms with E-state index in [1.54, 1.807) is 31.2 Å². The Bertz CT molecular complexity index is 475. The lowest BCUT2D eigenvalue weighted by molar-refractivity contribution is -0.189. The topological polar surface area (TPSA) is 44.8 Å². The minimum absolute atomic E-state index is 0.382. The number of carbonyl (C=O) groups is 1. The van der Waals surface area contributed by atoms with Crippen molar-refractivity contribution in [3.8, 4) is 11.8 Å². The molecule has 0 fully saturated rings. The van der Waals surface area contributed by atoms with E-state index in [0.717, 1.165) is 0 Å². The molecule has 0 aromatic heterocycles. The summed E-state index contributed by atoms with van der Waals surface area (Å²) in [5, 5.41) is 0. The largest absolute Gasteiger partial charge is 0.453 e. The van der Waals surface area contributed by atoms with Gasteiger partial charge in [-0.15, -0.1) is 5.92 Å². The summed E-state index contributed by atoms with van der Waals surface area (Å²) in [6.07, 6.45) is 7.62. The van der Waals surface area contributed by atoms with Crippen LogP contribution in [0, 0.1) is 11.8 Å². The van der Waals surface area contributed by atoms with E-state index in [4.69, 9.17) is 14.2 Å². The molecule has 0 amide bonds. The van der Waals surface area contributed by atoms with E-state index in [1.807, 2.05) is 0 Å². The average molecular weight is 232 g/mol. The zero-order valence-electron chi connectivity index (χ0n) is 9.60. The lowest BCUT2D eigenvalue weighted by Crippen LogP contribution is -2.40. The van der Waals surface area contributed by atoms with Crippen molar-refractivity contribution in [3.63, 3.8) is 0 Å². The molecule has 2 atom stereocenters. The fourth-order valence-electron chi connectivity index (χ4n) is 1.61. The maximum atomic E-state index is 11.0. The van der Waals surface area contributed by atoms with Gasteiger partial charge in [-0.1, -0.05) is 5.92 Å². The Labute approximate surface area is 99.5 Å². The summed E-state index contributed by atoms with van der Waals surface area (Å²) in [4.78, 5) is 11.0. The number of allylic oxidation sites excluding steroid dienone is 2. The molecule has 1 spiro atoms. The Morgan fingerprint density at radius 2 is 2.47 bits per heavy atom. The van der Waals surface area contributed by atoms with Crippen molar-refractivity contribution < 1.29 is 19.0 Å². The Morgan fingerprint density at radius 3 is 3.18 bits per heavy atom. The van der Waals surface area contributed by atoms with Crippen molar-refractivity contribution >= 4 is 5.97 Å². The van der Waals surface area contributed by atoms with Crippen molar-refractivity contribution in [1.82, 2.24) is 0 Å². The smallest absolute Gasteiger partial charge is 0.312 e. The predicted molar refractivity (Wildman–Crippen MR) is 60.3 cm³/mol. The Hall–Kier alpha value is -2.15. The van der Waals surface area contributed by atoms with Crippen molar-refractivity contribution in [2.45, 2.75) is 25.7 Å². The van der Waals surface area contributed by atoms with Crippen LogP contribution >= 0.6 is 0 Å². The van der Waals surface area contributed by atoms with E-state index in [-0.39, 0.29) is 5.97 Å². The van der Waals surface area contributed by atoms with Gasteiger partial charge >= 0.3 is 11.8 Å². The first kappa shape index (κ1) is 11.3. The number of carbonyl (C=O) groups excluding carboxylic acids is 1. The summed E-state index contributed by atoms with van der Waals surface area (Å²) in [6, 6.07) is 0. The molecule has 17 heavy (non-hydrogen) atoms. The predicted octanol–water partition coefficient (Wildman–Crippen LogP) is 1.65. The summed E-state index contributed by atoms with van der Waals surface area (Å²) < 4.78 is 16.1. The van der Waals surface area contributed by atoms with Crippen LogP contribution in [0.1, 0.15) is 13.8 Å². The fraction of sp³-hybridized carbons (Fsp3) is 0.308. The number of rotatable bonds is 1. The molecule has 0 radical (unpaired) electrons. The monoisotopic (exact) mass is 232 g/mol. The molecular weight excluding hydrogens is 220 g/mol. The molecule has 0 bridgehead atoms. The number of esters is 1. The van der Waals surface area contributed by atoms with Gasteiger partial charge in [0.1, 0.15) is 5.76 Å². The second-order valence-electron chi connectivity index (χ2n) is 3.57. The van der Waals surface area contributed by atoms with Gasteiger partial charge in [0.25, 0.3) is 0 Å². The summed E-state index contributed by atoms with van der Waals surface area (Å²) in [5.41, 5.74) is 0. The van der Waals surface area contributed by atoms with E-state index >= 15 is 0 Å². The highest BCUT2D eigenvalue weighted by molar-refractivity contribution is 5.66. The number of hydrogen-bond acceptors (Lipinski definition) is 4. The molecule has 0 N–H and O–H groups in total. The van der Waals surface area contributed by atoms with Crippen LogP contribution in [-0.2, 0) is 19.0 Å². The molecule has 2 aliphatic heterocycles. The molecule has 2 heterocycles. The van der Waals surface area contributed by atoms with Crippen LogP contribution in [0.5, 0.6) is 0 Å². The molecule has 0 saturated heterocycles. The highest BCUT2D eigenvalue weighted by atomic mass is 16.7. The molecule has 0 aromatic rings. The molecule has 0 saturated carbocycles. The van der Waals surface area contributed by atoms with E-state index < -0.39 is 11.9 Å². The molecule has 2 unspecified atom stereocenters. The van der Waals surface area contributed by atoms with Gasteiger partial charge < -0.3 is 14.2 Å². The maximum Gasteiger partial charge on any atom is 0.312 e. The Kier molecular flexibility index (Phi) is 2.92. The molecule has 0 aromatic carbocycles. The van der Waals surface area contributed by atoms with Crippen molar-refractivity contribution in [2.75, 3.05) is 0 Å². The summed E-state index contributed by atoms with van der Waals surface area (Å²) in [5.74, 6) is 4.65. The van der Waals surface area contributed by atoms with Gasteiger partial charge in [-0.05, 0) is 19.1 Å². The summed E-state index contributed by atoms with van der Waals surface area (Å²) in [6.45, 7) is 3.08. The minimum atomic E-state index is -1.06. The molecule has 4 nitrogen and oxygen atoms in total. The van der Waals surface area contributed by atoms with Crippen molar-refractivity contribution in [1.29, 1.82) is 0 Å². The average Bonchev–Trinajstić information content (AvgIpc) is 2.85. The van der Waals surface area contributed by atoms with Gasteiger partial charge in [0.15, 0.2) is 0 Å². The van der Waals surface area contributed by atoms with Crippen LogP contribution in [0.4, 0.5) is 0 Å². The Morgan fingerprint density at radius 1 is 1.65 bits per heavy atom. The second kappa shape index (κ2) is 4.38. The lowest BCUT2D eigenvalue weighted by Gasteiger charge is -2.27. The van der Waals surface area contributed by atoms with E-state index in [9.17, 15) is 4.79 Å². The van der Waals surface area contributed by atoms with Gasteiger partial charge in [0, 0.05) is 19.1 Å². The van der Waals surface area contributed by atoms with Crippen LogP contribution < -0.4 is 0 Å². The quantitative estimate of drug-likeness (QED) is 0.509. The van der Waals surface area contributed by atoms with Gasteiger partial charge in [0.2, 0.25) is 6.10 Å². The van der Waals surface area contributed by atoms with E-state index in [2.05, 4.69) is 11.8 Å². The summed E-state index contributed by atoms with van der Waals surface area (Å²) >= 11 is 0. The molecule has 4 heteroatoms. The molecule has 88 valence electrons. The highest BCUT2D eigenvalue weighted by Gasteiger charge is 2.48. The first-order chi connectivity index (χ1) is 8.16. The first-order valence-electron chi connectivity index (χ1n) is 5.19. The zero-order valence-corrected chi connectivity index (χ0v) is 9.60. The van der Waals surface area contributed by atoms with Crippen molar-refractivity contribution in [3.05, 3.63) is 36.3 Å². The molecule has 2 aliphatic rings. The third-order valence-electron chi connectivity index (χ3n) is 2.31. The summed E-state index contributed by atoms with van der Waals surface area (Å²) in [7, 11) is 0. The molecule has 0 aliphatic carbocycles. The van der Waals surface area contributed by atoms with Crippen LogP contribution in [0.3, 0.4) is 0 Å². The minimum Gasteiger partial charge on any atom is -0.453 e. The maximum absolute atomic E-state index is 11.0. The first-order valence-corrected chi connectivity index (χ1v) is 5.19. The molecule has 2 rings (SSSR count). The third-order valence-corrected chi connectivity index (χ3v) is 2.31. The second-order valence-corrected chi connectivity index (χ2v) is 3.57.